The van der Waals surface area contributed by atoms with Gasteiger partial charge in [-0.05, 0) is 25.5 Å². The zero-order chi connectivity index (χ0) is 15.2. The maximum atomic E-state index is 12.2. The maximum Gasteiger partial charge on any atom is 0.260 e. The molecule has 1 atom stereocenters. The third kappa shape index (κ3) is 4.78. The summed E-state index contributed by atoms with van der Waals surface area (Å²) in [7, 11) is -3.80. The van der Waals surface area contributed by atoms with E-state index >= 15 is 0 Å². The molecule has 0 saturated carbocycles. The van der Waals surface area contributed by atoms with Gasteiger partial charge in [0.1, 0.15) is 0 Å². The summed E-state index contributed by atoms with van der Waals surface area (Å²) >= 11 is 0. The highest BCUT2D eigenvalue weighted by atomic mass is 32.2. The number of nitrogens with two attached hydrogens (primary N) is 1. The summed E-state index contributed by atoms with van der Waals surface area (Å²) in [5, 5.41) is 2.93. The second-order valence-electron chi connectivity index (χ2n) is 4.48. The van der Waals surface area contributed by atoms with E-state index in [2.05, 4.69) is 15.0 Å². The van der Waals surface area contributed by atoms with Crippen molar-refractivity contribution < 1.29 is 13.2 Å². The first-order valence-corrected chi connectivity index (χ1v) is 7.84. The van der Waals surface area contributed by atoms with E-state index < -0.39 is 22.0 Å². The Morgan fingerprint density at radius 1 is 1.50 bits per heavy atom. The molecule has 1 rings (SSSR count). The van der Waals surface area contributed by atoms with Gasteiger partial charge in [0.15, 0.2) is 5.03 Å². The minimum Gasteiger partial charge on any atom is -0.383 e. The van der Waals surface area contributed by atoms with E-state index in [4.69, 9.17) is 5.73 Å². The lowest BCUT2D eigenvalue weighted by molar-refractivity contribution is -0.118. The Kier molecular flexibility index (Phi) is 5.90. The van der Waals surface area contributed by atoms with Crippen molar-refractivity contribution in [3.63, 3.8) is 0 Å². The molecule has 0 aliphatic heterocycles. The normalized spacial score (nSPS) is 12.9. The van der Waals surface area contributed by atoms with Crippen LogP contribution in [-0.2, 0) is 14.8 Å². The number of hydrogen-bond acceptors (Lipinski definition) is 5. The largest absolute Gasteiger partial charge is 0.383 e. The van der Waals surface area contributed by atoms with E-state index in [1.807, 2.05) is 6.92 Å². The topological polar surface area (TPSA) is 114 Å². The molecule has 112 valence electrons. The van der Waals surface area contributed by atoms with Crippen LogP contribution >= 0.6 is 0 Å². The van der Waals surface area contributed by atoms with Crippen LogP contribution in [0.3, 0.4) is 0 Å². The minimum atomic E-state index is -3.80. The van der Waals surface area contributed by atoms with Crippen LogP contribution in [0.4, 0.5) is 5.69 Å². The molecule has 1 unspecified atom stereocenters. The third-order valence-electron chi connectivity index (χ3n) is 2.45. The number of rotatable bonds is 8. The molecule has 0 bridgehead atoms. The highest BCUT2D eigenvalue weighted by Crippen LogP contribution is 2.18. The molecule has 1 heterocycles. The van der Waals surface area contributed by atoms with Crippen molar-refractivity contribution in [3.05, 3.63) is 18.3 Å². The predicted molar refractivity (Wildman–Crippen MR) is 76.6 cm³/mol. The first-order chi connectivity index (χ1) is 9.36. The van der Waals surface area contributed by atoms with Gasteiger partial charge in [0.25, 0.3) is 10.0 Å². The molecular weight excluding hydrogens is 280 g/mol. The molecule has 0 saturated heterocycles. The lowest BCUT2D eigenvalue weighted by Gasteiger charge is -2.15. The first-order valence-electron chi connectivity index (χ1n) is 6.36. The average Bonchev–Trinajstić information content (AvgIpc) is 2.34. The number of sulfonamides is 1. The van der Waals surface area contributed by atoms with Crippen molar-refractivity contribution >= 4 is 21.6 Å². The number of carbonyl (C=O) groups is 1. The van der Waals surface area contributed by atoms with Gasteiger partial charge in [-0.2, -0.15) is 0 Å². The number of primary amides is 1. The Morgan fingerprint density at radius 2 is 2.20 bits per heavy atom. The fraction of sp³-hybridized carbons (Fsp3) is 0.500. The number of pyridine rings is 1. The van der Waals surface area contributed by atoms with Gasteiger partial charge in [-0.15, -0.1) is 0 Å². The first kappa shape index (κ1) is 16.4. The van der Waals surface area contributed by atoms with E-state index in [9.17, 15) is 13.2 Å². The summed E-state index contributed by atoms with van der Waals surface area (Å²) in [5.74, 6) is -0.564. The lowest BCUT2D eigenvalue weighted by atomic mass is 10.2. The highest BCUT2D eigenvalue weighted by molar-refractivity contribution is 7.89. The Labute approximate surface area is 119 Å². The molecule has 0 fully saturated rings. The molecule has 4 N–H and O–H groups in total. The van der Waals surface area contributed by atoms with E-state index in [1.54, 1.807) is 19.1 Å². The van der Waals surface area contributed by atoms with Gasteiger partial charge < -0.3 is 11.1 Å². The highest BCUT2D eigenvalue weighted by Gasteiger charge is 2.22. The smallest absolute Gasteiger partial charge is 0.260 e. The van der Waals surface area contributed by atoms with Crippen molar-refractivity contribution in [1.82, 2.24) is 9.71 Å². The summed E-state index contributed by atoms with van der Waals surface area (Å²) < 4.78 is 26.9. The van der Waals surface area contributed by atoms with Gasteiger partial charge in [-0.3, -0.25) is 4.79 Å². The molecule has 0 spiro atoms. The van der Waals surface area contributed by atoms with E-state index in [-0.39, 0.29) is 11.4 Å². The van der Waals surface area contributed by atoms with Crippen molar-refractivity contribution in [2.75, 3.05) is 11.9 Å². The van der Waals surface area contributed by atoms with Crippen LogP contribution in [0.1, 0.15) is 26.7 Å². The zero-order valence-electron chi connectivity index (χ0n) is 11.6. The van der Waals surface area contributed by atoms with Crippen molar-refractivity contribution in [2.24, 2.45) is 5.73 Å². The van der Waals surface area contributed by atoms with Crippen LogP contribution in [0.2, 0.25) is 0 Å². The number of hydrogen-bond donors (Lipinski definition) is 3. The van der Waals surface area contributed by atoms with Crippen LogP contribution in [0, 0.1) is 0 Å². The Hall–Kier alpha value is -1.67. The van der Waals surface area contributed by atoms with Crippen LogP contribution in [0.15, 0.2) is 23.4 Å². The van der Waals surface area contributed by atoms with Gasteiger partial charge in [0, 0.05) is 25.2 Å². The van der Waals surface area contributed by atoms with Crippen LogP contribution in [-0.4, -0.2) is 31.9 Å². The summed E-state index contributed by atoms with van der Waals surface area (Å²) in [6, 6.07) is 2.72. The van der Waals surface area contributed by atoms with E-state index in [0.29, 0.717) is 12.2 Å². The molecule has 1 amide bonds. The number of carbonyl (C=O) groups excluding carboxylic acids is 1. The summed E-state index contributed by atoms with van der Waals surface area (Å²) in [6.45, 7) is 4.19. The van der Waals surface area contributed by atoms with Gasteiger partial charge in [0.05, 0.1) is 5.69 Å². The fourth-order valence-electron chi connectivity index (χ4n) is 1.66. The number of aromatic nitrogens is 1. The fourth-order valence-corrected chi connectivity index (χ4v) is 3.02. The van der Waals surface area contributed by atoms with E-state index in [1.165, 1.54) is 6.20 Å². The number of nitrogens with zero attached hydrogens (tertiary/aromatic N) is 1. The van der Waals surface area contributed by atoms with Crippen LogP contribution in [0.5, 0.6) is 0 Å². The molecule has 8 heteroatoms. The van der Waals surface area contributed by atoms with Crippen molar-refractivity contribution in [2.45, 2.75) is 37.8 Å². The number of nitrogens with one attached hydrogen (secondary N) is 2. The summed E-state index contributed by atoms with van der Waals surface area (Å²) in [6.07, 6.45) is 2.20. The Balaban J connectivity index is 2.94. The van der Waals surface area contributed by atoms with Crippen LogP contribution < -0.4 is 15.8 Å². The molecule has 0 aliphatic rings. The predicted octanol–water partition coefficient (Wildman–Crippen LogP) is 0.446. The summed E-state index contributed by atoms with van der Waals surface area (Å²) in [5.41, 5.74) is 5.48. The molecular formula is C12H20N4O3S. The van der Waals surface area contributed by atoms with Gasteiger partial charge in [-0.1, -0.05) is 6.92 Å². The molecule has 1 aromatic rings. The van der Waals surface area contributed by atoms with E-state index in [0.717, 1.165) is 6.42 Å². The molecule has 0 aromatic carbocycles. The number of amides is 1. The molecule has 20 heavy (non-hydrogen) atoms. The molecule has 0 radical (unpaired) electrons. The van der Waals surface area contributed by atoms with Crippen molar-refractivity contribution in [1.29, 1.82) is 0 Å². The SMILES string of the molecule is CCCNc1cccnc1S(=O)(=O)NC(C)CC(N)=O. The van der Waals surface area contributed by atoms with Gasteiger partial charge in [-0.25, -0.2) is 18.1 Å². The lowest BCUT2D eigenvalue weighted by Crippen LogP contribution is -2.36. The van der Waals surface area contributed by atoms with Gasteiger partial charge in [0.2, 0.25) is 5.91 Å². The number of anilines is 1. The monoisotopic (exact) mass is 300 g/mol. The third-order valence-corrected chi connectivity index (χ3v) is 4.00. The molecule has 1 aromatic heterocycles. The minimum absolute atomic E-state index is 0.0657. The standard InChI is InChI=1S/C12H20N4O3S/c1-3-6-14-10-5-4-7-15-12(10)20(18,19)16-9(2)8-11(13)17/h4-5,7,9,14,16H,3,6,8H2,1-2H3,(H2,13,17). The van der Waals surface area contributed by atoms with Gasteiger partial charge >= 0.3 is 0 Å². The molecule has 0 aliphatic carbocycles. The Bertz CT molecular complexity index is 560. The average molecular weight is 300 g/mol. The summed E-state index contributed by atoms with van der Waals surface area (Å²) in [4.78, 5) is 14.7. The van der Waals surface area contributed by atoms with Crippen molar-refractivity contribution in [3.8, 4) is 0 Å². The molecule has 7 nitrogen and oxygen atoms in total. The second-order valence-corrected chi connectivity index (χ2v) is 6.10. The zero-order valence-corrected chi connectivity index (χ0v) is 12.4. The maximum absolute atomic E-state index is 12.2. The second kappa shape index (κ2) is 7.20. The quantitative estimate of drug-likeness (QED) is 0.644. The Morgan fingerprint density at radius 3 is 2.80 bits per heavy atom. The van der Waals surface area contributed by atoms with Crippen LogP contribution in [0.25, 0.3) is 0 Å².